The maximum absolute atomic E-state index is 13.5. The molecule has 2 aromatic rings. The van der Waals surface area contributed by atoms with E-state index in [2.05, 4.69) is 4.98 Å². The number of aromatic nitrogens is 1. The first-order valence-corrected chi connectivity index (χ1v) is 13.4. The Morgan fingerprint density at radius 1 is 1.14 bits per heavy atom. The van der Waals surface area contributed by atoms with Crippen molar-refractivity contribution in [3.8, 4) is 11.3 Å². The summed E-state index contributed by atoms with van der Waals surface area (Å²) in [4.78, 5) is 32.1. The third kappa shape index (κ3) is 10.2. The molecule has 0 bridgehead atoms. The molecular formula is C25H38FN5O5S. The molecule has 3 rings (SSSR count). The number of benzene rings is 1. The smallest absolute Gasteiger partial charge is 0.319 e. The van der Waals surface area contributed by atoms with Gasteiger partial charge in [0.15, 0.2) is 0 Å². The average molecular weight is 540 g/mol. The van der Waals surface area contributed by atoms with Crippen LogP contribution in [0.3, 0.4) is 0 Å². The summed E-state index contributed by atoms with van der Waals surface area (Å²) in [7, 11) is -0.168. The van der Waals surface area contributed by atoms with Crippen molar-refractivity contribution in [3.63, 3.8) is 0 Å². The Bertz CT molecular complexity index is 990. The molecule has 1 aromatic carbocycles. The molecule has 1 aliphatic heterocycles. The van der Waals surface area contributed by atoms with Crippen LogP contribution in [0.5, 0.6) is 0 Å². The number of hydrogen-bond donors (Lipinski definition) is 2. The molecule has 1 atom stereocenters. The zero-order valence-corrected chi connectivity index (χ0v) is 23.0. The summed E-state index contributed by atoms with van der Waals surface area (Å²) in [5, 5.41) is 8.91. The number of halogens is 1. The van der Waals surface area contributed by atoms with E-state index in [4.69, 9.17) is 9.94 Å². The first kappa shape index (κ1) is 32.1. The van der Waals surface area contributed by atoms with E-state index < -0.39 is 16.9 Å². The highest BCUT2D eigenvalue weighted by atomic mass is 32.2. The number of hydrogen-bond acceptors (Lipinski definition) is 6. The molecule has 1 fully saturated rings. The van der Waals surface area contributed by atoms with Gasteiger partial charge in [-0.1, -0.05) is 39.8 Å². The summed E-state index contributed by atoms with van der Waals surface area (Å²) < 4.78 is 33.2. The predicted octanol–water partition coefficient (Wildman–Crippen LogP) is 3.15. The second-order valence-electron chi connectivity index (χ2n) is 7.34. The number of pyridine rings is 1. The Hall–Kier alpha value is -2.93. The van der Waals surface area contributed by atoms with Crippen molar-refractivity contribution in [2.24, 2.45) is 0 Å². The minimum atomic E-state index is -1.79. The van der Waals surface area contributed by atoms with Crippen molar-refractivity contribution < 1.29 is 28.1 Å². The minimum absolute atomic E-state index is 0.109. The molecule has 0 aliphatic carbocycles. The number of carbonyl (C=O) groups is 2. The fraction of sp³-hybridized carbons (Fsp3) is 0.480. The van der Waals surface area contributed by atoms with Crippen molar-refractivity contribution in [2.75, 3.05) is 53.0 Å². The highest BCUT2D eigenvalue weighted by Crippen LogP contribution is 2.20. The van der Waals surface area contributed by atoms with Gasteiger partial charge in [0.05, 0.1) is 30.3 Å². The molecule has 12 heteroatoms. The molecule has 1 saturated heterocycles. The SMILES string of the molecule is CC.CC.CN(CCN(CC(=O)NO)S(=O)c1ccc(-c2cccc(F)c2)nc1)C(=O)N1CCOCC1. The van der Waals surface area contributed by atoms with Crippen LogP contribution in [0.1, 0.15) is 27.7 Å². The van der Waals surface area contributed by atoms with Crippen LogP contribution < -0.4 is 5.48 Å². The van der Waals surface area contributed by atoms with Gasteiger partial charge in [-0.15, -0.1) is 0 Å². The van der Waals surface area contributed by atoms with Gasteiger partial charge in [-0.2, -0.15) is 0 Å². The van der Waals surface area contributed by atoms with E-state index in [0.29, 0.717) is 42.5 Å². The number of morpholine rings is 1. The number of hydroxylamine groups is 1. The summed E-state index contributed by atoms with van der Waals surface area (Å²) in [6.07, 6.45) is 1.39. The third-order valence-electron chi connectivity index (χ3n) is 5.03. The van der Waals surface area contributed by atoms with E-state index in [9.17, 15) is 18.2 Å². The summed E-state index contributed by atoms with van der Waals surface area (Å²) in [6.45, 7) is 9.90. The average Bonchev–Trinajstić information content (AvgIpc) is 2.96. The minimum Gasteiger partial charge on any atom is -0.378 e. The summed E-state index contributed by atoms with van der Waals surface area (Å²) >= 11 is 0. The zero-order chi connectivity index (χ0) is 27.8. The number of urea groups is 1. The van der Waals surface area contributed by atoms with Gasteiger partial charge in [0.2, 0.25) is 0 Å². The highest BCUT2D eigenvalue weighted by Gasteiger charge is 2.23. The van der Waals surface area contributed by atoms with Gasteiger partial charge in [-0.05, 0) is 24.3 Å². The second kappa shape index (κ2) is 17.5. The maximum Gasteiger partial charge on any atom is 0.319 e. The number of nitrogens with one attached hydrogen (secondary N) is 1. The van der Waals surface area contributed by atoms with Crippen LogP contribution in [0, 0.1) is 5.82 Å². The molecular weight excluding hydrogens is 501 g/mol. The number of rotatable bonds is 8. The van der Waals surface area contributed by atoms with E-state index >= 15 is 0 Å². The predicted molar refractivity (Wildman–Crippen MR) is 141 cm³/mol. The molecule has 0 saturated carbocycles. The fourth-order valence-corrected chi connectivity index (χ4v) is 4.33. The monoisotopic (exact) mass is 539 g/mol. The Kier molecular flexibility index (Phi) is 15.2. The van der Waals surface area contributed by atoms with E-state index in [1.54, 1.807) is 36.2 Å². The number of nitrogens with zero attached hydrogens (tertiary/aromatic N) is 4. The van der Waals surface area contributed by atoms with Crippen LogP contribution in [0.25, 0.3) is 11.3 Å². The van der Waals surface area contributed by atoms with Crippen LogP contribution in [-0.2, 0) is 20.5 Å². The fourth-order valence-electron chi connectivity index (χ4n) is 3.22. The molecule has 1 aliphatic rings. The summed E-state index contributed by atoms with van der Waals surface area (Å²) in [5.74, 6) is -1.13. The standard InChI is InChI=1S/C21H26FN5O5S.2C2H6/c1-25(21(29)26-9-11-32-12-10-26)7-8-27(15-20(28)24-30)33(31)18-5-6-19(23-14-18)16-3-2-4-17(22)13-16;2*1-2/h2-6,13-14,30H,7-12,15H2,1H3,(H,24,28);2*1-2H3. The van der Waals surface area contributed by atoms with Crippen LogP contribution in [0.15, 0.2) is 47.5 Å². The molecule has 2 heterocycles. The largest absolute Gasteiger partial charge is 0.378 e. The molecule has 206 valence electrons. The summed E-state index contributed by atoms with van der Waals surface area (Å²) in [5.41, 5.74) is 2.61. The number of carbonyl (C=O) groups excluding carboxylic acids is 2. The topological polar surface area (TPSA) is 115 Å². The van der Waals surface area contributed by atoms with E-state index in [1.165, 1.54) is 33.0 Å². The Balaban J connectivity index is 0.00000163. The molecule has 10 nitrogen and oxygen atoms in total. The van der Waals surface area contributed by atoms with Crippen molar-refractivity contribution in [1.82, 2.24) is 24.6 Å². The number of ether oxygens (including phenoxy) is 1. The molecule has 37 heavy (non-hydrogen) atoms. The van der Waals surface area contributed by atoms with Crippen molar-refractivity contribution in [1.29, 1.82) is 0 Å². The Morgan fingerprint density at radius 2 is 1.81 bits per heavy atom. The van der Waals surface area contributed by atoms with Crippen LogP contribution in [0.4, 0.5) is 9.18 Å². The normalized spacial score (nSPS) is 13.5. The van der Waals surface area contributed by atoms with E-state index in [0.717, 1.165) is 0 Å². The Morgan fingerprint density at radius 3 is 2.38 bits per heavy atom. The molecule has 3 amide bonds. The molecule has 1 unspecified atom stereocenters. The van der Waals surface area contributed by atoms with Gasteiger partial charge in [0, 0.05) is 45.0 Å². The molecule has 1 aromatic heterocycles. The lowest BCUT2D eigenvalue weighted by Crippen LogP contribution is -2.49. The second-order valence-corrected chi connectivity index (χ2v) is 8.83. The first-order chi connectivity index (χ1) is 17.9. The number of likely N-dealkylation sites (N-methyl/N-ethyl adjacent to an activating group) is 1. The van der Waals surface area contributed by atoms with Gasteiger partial charge in [-0.3, -0.25) is 15.0 Å². The van der Waals surface area contributed by atoms with Gasteiger partial charge < -0.3 is 14.5 Å². The lowest BCUT2D eigenvalue weighted by molar-refractivity contribution is -0.129. The van der Waals surface area contributed by atoms with Gasteiger partial charge in [0.1, 0.15) is 16.8 Å². The van der Waals surface area contributed by atoms with Crippen LogP contribution >= 0.6 is 0 Å². The lowest BCUT2D eigenvalue weighted by Gasteiger charge is -2.32. The highest BCUT2D eigenvalue weighted by molar-refractivity contribution is 7.82. The molecule has 2 N–H and O–H groups in total. The summed E-state index contributed by atoms with van der Waals surface area (Å²) in [6, 6.07) is 8.97. The molecule has 0 radical (unpaired) electrons. The van der Waals surface area contributed by atoms with Gasteiger partial charge in [-0.25, -0.2) is 23.2 Å². The van der Waals surface area contributed by atoms with Crippen LogP contribution in [0.2, 0.25) is 0 Å². The number of amides is 3. The van der Waals surface area contributed by atoms with Crippen molar-refractivity contribution in [2.45, 2.75) is 32.6 Å². The first-order valence-electron chi connectivity index (χ1n) is 12.3. The quantitative estimate of drug-likeness (QED) is 0.393. The lowest BCUT2D eigenvalue weighted by atomic mass is 10.1. The third-order valence-corrected chi connectivity index (χ3v) is 6.46. The van der Waals surface area contributed by atoms with Gasteiger partial charge >= 0.3 is 6.03 Å². The van der Waals surface area contributed by atoms with Crippen molar-refractivity contribution >= 4 is 22.9 Å². The van der Waals surface area contributed by atoms with Crippen molar-refractivity contribution in [3.05, 3.63) is 48.4 Å². The molecule has 0 spiro atoms. The van der Waals surface area contributed by atoms with Gasteiger partial charge in [0.25, 0.3) is 5.91 Å². The zero-order valence-electron chi connectivity index (χ0n) is 22.1. The Labute approximate surface area is 221 Å². The van der Waals surface area contributed by atoms with E-state index in [-0.39, 0.29) is 31.5 Å². The maximum atomic E-state index is 13.5. The van der Waals surface area contributed by atoms with Crippen LogP contribution in [-0.4, -0.2) is 93.4 Å². The van der Waals surface area contributed by atoms with E-state index in [1.807, 2.05) is 27.7 Å².